The van der Waals surface area contributed by atoms with Gasteiger partial charge in [-0.2, -0.15) is 0 Å². The lowest BCUT2D eigenvalue weighted by Crippen LogP contribution is -2.31. The highest BCUT2D eigenvalue weighted by atomic mass is 16.5. The second kappa shape index (κ2) is 11.7. The first kappa shape index (κ1) is 27.6. The summed E-state index contributed by atoms with van der Waals surface area (Å²) in [5.74, 6) is -0.300. The number of likely N-dealkylation sites (tertiary alicyclic amines) is 1. The fraction of sp³-hybridized carbons (Fsp3) is 0.250. The van der Waals surface area contributed by atoms with Crippen LogP contribution in [0.4, 0.5) is 0 Å². The van der Waals surface area contributed by atoms with E-state index >= 15 is 0 Å². The number of ketones is 1. The van der Waals surface area contributed by atoms with Crippen LogP contribution in [-0.4, -0.2) is 58.7 Å². The van der Waals surface area contributed by atoms with Crippen LogP contribution in [-0.2, 0) is 16.0 Å². The number of aromatic nitrogens is 1. The number of phenolic OH excluding ortho intramolecular Hbond substituents is 1. The Kier molecular flexibility index (Phi) is 7.87. The summed E-state index contributed by atoms with van der Waals surface area (Å²) in [5.41, 5.74) is 2.75. The minimum absolute atomic E-state index is 0.0344. The van der Waals surface area contributed by atoms with E-state index in [1.807, 2.05) is 31.3 Å². The van der Waals surface area contributed by atoms with Crippen molar-refractivity contribution >= 4 is 28.4 Å². The maximum Gasteiger partial charge on any atom is 0.295 e. The van der Waals surface area contributed by atoms with E-state index < -0.39 is 17.7 Å². The van der Waals surface area contributed by atoms with E-state index in [4.69, 9.17) is 14.2 Å². The van der Waals surface area contributed by atoms with E-state index in [1.165, 1.54) is 11.0 Å². The number of hydrogen-bond acceptors (Lipinski definition) is 7. The number of H-pyrrole nitrogens is 1. The summed E-state index contributed by atoms with van der Waals surface area (Å²) in [7, 11) is 1.60. The van der Waals surface area contributed by atoms with Gasteiger partial charge in [-0.3, -0.25) is 9.59 Å². The van der Waals surface area contributed by atoms with Gasteiger partial charge in [0.25, 0.3) is 11.7 Å². The first-order valence-corrected chi connectivity index (χ1v) is 13.5. The molecule has 0 saturated carbocycles. The second-order valence-corrected chi connectivity index (χ2v) is 9.59. The van der Waals surface area contributed by atoms with E-state index in [2.05, 4.69) is 4.98 Å². The highest BCUT2D eigenvalue weighted by molar-refractivity contribution is 6.46. The van der Waals surface area contributed by atoms with Gasteiger partial charge < -0.3 is 34.3 Å². The zero-order valence-corrected chi connectivity index (χ0v) is 23.1. The van der Waals surface area contributed by atoms with Gasteiger partial charge in [-0.15, -0.1) is 0 Å². The van der Waals surface area contributed by atoms with E-state index in [0.717, 1.165) is 16.5 Å². The van der Waals surface area contributed by atoms with Crippen molar-refractivity contribution in [2.24, 2.45) is 0 Å². The molecule has 1 aliphatic heterocycles. The Balaban J connectivity index is 1.57. The summed E-state index contributed by atoms with van der Waals surface area (Å²) in [4.78, 5) is 31.7. The molecule has 212 valence electrons. The Labute approximate surface area is 237 Å². The fourth-order valence-corrected chi connectivity index (χ4v) is 5.19. The van der Waals surface area contributed by atoms with Crippen LogP contribution in [0.15, 0.2) is 72.4 Å². The monoisotopic (exact) mass is 556 g/mol. The van der Waals surface area contributed by atoms with Gasteiger partial charge in [-0.05, 0) is 86.0 Å². The molecule has 1 fully saturated rings. The number of carbonyl (C=O) groups is 2. The summed E-state index contributed by atoms with van der Waals surface area (Å²) in [6, 6.07) is 16.2. The molecule has 1 aromatic heterocycles. The molecule has 9 nitrogen and oxygen atoms in total. The molecule has 1 saturated heterocycles. The second-order valence-electron chi connectivity index (χ2n) is 9.59. The number of amides is 1. The number of ether oxygens (including phenoxy) is 3. The number of hydrogen-bond donors (Lipinski definition) is 3. The number of aliphatic hydroxyl groups is 1. The van der Waals surface area contributed by atoms with Crippen molar-refractivity contribution in [1.82, 2.24) is 9.88 Å². The SMILES string of the molecule is CCOc1ccc(C(O)=C2C(=O)C(=O)N(CCc3c[nH]c4ccc(OC)cc34)[C@H]2c2ccc(O)c(OCC)c2)cc1. The molecule has 0 unspecified atom stereocenters. The molecule has 4 aromatic rings. The van der Waals surface area contributed by atoms with Crippen LogP contribution in [0.25, 0.3) is 16.7 Å². The van der Waals surface area contributed by atoms with Gasteiger partial charge in [0.05, 0.1) is 31.9 Å². The molecule has 9 heteroatoms. The van der Waals surface area contributed by atoms with E-state index in [-0.39, 0.29) is 29.4 Å². The van der Waals surface area contributed by atoms with Gasteiger partial charge in [0.15, 0.2) is 11.5 Å². The molecule has 3 N–H and O–H groups in total. The number of nitrogens with one attached hydrogen (secondary N) is 1. The van der Waals surface area contributed by atoms with Gasteiger partial charge in [-0.1, -0.05) is 6.07 Å². The van der Waals surface area contributed by atoms with Gasteiger partial charge in [0.2, 0.25) is 0 Å². The Morgan fingerprint density at radius 2 is 1.68 bits per heavy atom. The highest BCUT2D eigenvalue weighted by Crippen LogP contribution is 2.42. The number of aliphatic hydroxyl groups excluding tert-OH is 1. The van der Waals surface area contributed by atoms with Crippen molar-refractivity contribution in [1.29, 1.82) is 0 Å². The summed E-state index contributed by atoms with van der Waals surface area (Å²) < 4.78 is 16.5. The molecular formula is C32H32N2O7. The average Bonchev–Trinajstić information content (AvgIpc) is 3.50. The molecular weight excluding hydrogens is 524 g/mol. The number of aromatic hydroxyl groups is 1. The van der Waals surface area contributed by atoms with Crippen LogP contribution in [0.2, 0.25) is 0 Å². The highest BCUT2D eigenvalue weighted by Gasteiger charge is 2.46. The lowest BCUT2D eigenvalue weighted by molar-refractivity contribution is -0.139. The standard InChI is InChI=1S/C32H32N2O7/c1-4-40-22-9-6-19(7-10-22)30(36)28-29(20-8-13-26(35)27(16-20)41-5-2)34(32(38)31(28)37)15-14-21-18-33-25-12-11-23(39-3)17-24(21)25/h6-13,16-18,29,33,35-36H,4-5,14-15H2,1-3H3/t29-/m0/s1. The molecule has 0 aliphatic carbocycles. The minimum Gasteiger partial charge on any atom is -0.507 e. The molecule has 2 heterocycles. The van der Waals surface area contributed by atoms with E-state index in [1.54, 1.807) is 50.4 Å². The summed E-state index contributed by atoms with van der Waals surface area (Å²) in [5, 5.41) is 22.7. The lowest BCUT2D eigenvalue weighted by atomic mass is 9.94. The van der Waals surface area contributed by atoms with Crippen molar-refractivity contribution in [3.8, 4) is 23.0 Å². The van der Waals surface area contributed by atoms with Gasteiger partial charge >= 0.3 is 0 Å². The largest absolute Gasteiger partial charge is 0.507 e. The zero-order chi connectivity index (χ0) is 29.1. The summed E-state index contributed by atoms with van der Waals surface area (Å²) in [6.07, 6.45) is 2.32. The number of rotatable bonds is 10. The van der Waals surface area contributed by atoms with Crippen LogP contribution in [0.5, 0.6) is 23.0 Å². The number of nitrogens with zero attached hydrogens (tertiary/aromatic N) is 1. The number of phenols is 1. The number of Topliss-reactive ketones (excluding diaryl/α,β-unsaturated/α-hetero) is 1. The molecule has 1 amide bonds. The van der Waals surface area contributed by atoms with Crippen LogP contribution in [0, 0.1) is 0 Å². The van der Waals surface area contributed by atoms with Crippen molar-refractivity contribution < 1.29 is 34.0 Å². The van der Waals surface area contributed by atoms with Gasteiger partial charge in [-0.25, -0.2) is 0 Å². The molecule has 5 rings (SSSR count). The van der Waals surface area contributed by atoms with Crippen molar-refractivity contribution in [2.45, 2.75) is 26.3 Å². The predicted octanol–water partition coefficient (Wildman–Crippen LogP) is 5.34. The van der Waals surface area contributed by atoms with Crippen molar-refractivity contribution in [3.05, 3.63) is 89.1 Å². The third kappa shape index (κ3) is 5.30. The first-order chi connectivity index (χ1) is 19.9. The normalized spacial score (nSPS) is 16.4. The maximum atomic E-state index is 13.5. The summed E-state index contributed by atoms with van der Waals surface area (Å²) in [6.45, 7) is 4.66. The number of benzene rings is 3. The van der Waals surface area contributed by atoms with E-state index in [0.29, 0.717) is 42.3 Å². The Morgan fingerprint density at radius 3 is 2.39 bits per heavy atom. The number of carbonyl (C=O) groups excluding carboxylic acids is 2. The minimum atomic E-state index is -0.902. The molecule has 0 spiro atoms. The molecule has 3 aromatic carbocycles. The summed E-state index contributed by atoms with van der Waals surface area (Å²) >= 11 is 0. The Hall–Kier alpha value is -4.92. The topological polar surface area (TPSA) is 121 Å². The third-order valence-corrected chi connectivity index (χ3v) is 7.17. The first-order valence-electron chi connectivity index (χ1n) is 13.5. The smallest absolute Gasteiger partial charge is 0.295 e. The number of aromatic amines is 1. The van der Waals surface area contributed by atoms with Crippen LogP contribution in [0.1, 0.15) is 36.6 Å². The molecule has 1 aliphatic rings. The van der Waals surface area contributed by atoms with Crippen LogP contribution in [0.3, 0.4) is 0 Å². The number of fused-ring (bicyclic) bond motifs is 1. The van der Waals surface area contributed by atoms with Gasteiger partial charge in [0.1, 0.15) is 17.3 Å². The van der Waals surface area contributed by atoms with Crippen molar-refractivity contribution in [2.75, 3.05) is 26.9 Å². The quantitative estimate of drug-likeness (QED) is 0.137. The number of methoxy groups -OCH3 is 1. The fourth-order valence-electron chi connectivity index (χ4n) is 5.19. The third-order valence-electron chi connectivity index (χ3n) is 7.17. The van der Waals surface area contributed by atoms with Crippen molar-refractivity contribution in [3.63, 3.8) is 0 Å². The maximum absolute atomic E-state index is 13.5. The van der Waals surface area contributed by atoms with E-state index in [9.17, 15) is 19.8 Å². The van der Waals surface area contributed by atoms with Crippen LogP contribution < -0.4 is 14.2 Å². The predicted molar refractivity (Wildman–Crippen MR) is 154 cm³/mol. The molecule has 1 atom stereocenters. The average molecular weight is 557 g/mol. The Morgan fingerprint density at radius 1 is 0.951 bits per heavy atom. The van der Waals surface area contributed by atoms with Gasteiger partial charge in [0, 0.05) is 29.2 Å². The molecule has 0 bridgehead atoms. The molecule has 41 heavy (non-hydrogen) atoms. The molecule has 0 radical (unpaired) electrons. The Bertz CT molecular complexity index is 1620. The zero-order valence-electron chi connectivity index (χ0n) is 23.1. The van der Waals surface area contributed by atoms with Crippen LogP contribution >= 0.6 is 0 Å². The lowest BCUT2D eigenvalue weighted by Gasteiger charge is -2.26.